The molecule has 0 radical (unpaired) electrons. The van der Waals surface area contributed by atoms with Crippen molar-refractivity contribution >= 4 is 23.5 Å². The van der Waals surface area contributed by atoms with Crippen LogP contribution in [0.25, 0.3) is 11.1 Å². The predicted molar refractivity (Wildman–Crippen MR) is 113 cm³/mol. The number of nitrogens with one attached hydrogen (secondary N) is 1. The summed E-state index contributed by atoms with van der Waals surface area (Å²) in [6.45, 7) is 0. The van der Waals surface area contributed by atoms with Crippen molar-refractivity contribution in [3.63, 3.8) is 0 Å². The average Bonchev–Trinajstić information content (AvgIpc) is 2.99. The molecule has 3 rings (SSSR count). The summed E-state index contributed by atoms with van der Waals surface area (Å²) in [7, 11) is 3.02. The van der Waals surface area contributed by atoms with Crippen molar-refractivity contribution in [2.24, 2.45) is 0 Å². The summed E-state index contributed by atoms with van der Waals surface area (Å²) >= 11 is 6.24. The maximum Gasteiger partial charge on any atom is 0.329 e. The van der Waals surface area contributed by atoms with Crippen molar-refractivity contribution < 1.29 is 24.2 Å². The first kappa shape index (κ1) is 21.9. The third-order valence-corrected chi connectivity index (χ3v) is 5.78. The van der Waals surface area contributed by atoms with E-state index in [2.05, 4.69) is 10.3 Å². The van der Waals surface area contributed by atoms with Crippen LogP contribution in [0, 0.1) is 0 Å². The minimum Gasteiger partial charge on any atom is -0.495 e. The van der Waals surface area contributed by atoms with E-state index in [0.29, 0.717) is 40.6 Å². The van der Waals surface area contributed by atoms with Crippen LogP contribution in [0.3, 0.4) is 0 Å². The third-order valence-electron chi connectivity index (χ3n) is 5.49. The predicted octanol–water partition coefficient (Wildman–Crippen LogP) is 4.33. The number of aromatic nitrogens is 1. The summed E-state index contributed by atoms with van der Waals surface area (Å²) in [5, 5.41) is 13.0. The zero-order valence-electron chi connectivity index (χ0n) is 17.0. The van der Waals surface area contributed by atoms with Crippen LogP contribution in [0.4, 0.5) is 0 Å². The molecule has 1 aromatic heterocycles. The van der Waals surface area contributed by atoms with Crippen LogP contribution in [-0.2, 0) is 4.79 Å². The number of amides is 1. The average molecular weight is 433 g/mol. The Morgan fingerprint density at radius 2 is 1.80 bits per heavy atom. The van der Waals surface area contributed by atoms with Crippen LogP contribution in [0.2, 0.25) is 5.02 Å². The van der Waals surface area contributed by atoms with Gasteiger partial charge in [-0.05, 0) is 36.6 Å². The fraction of sp³-hybridized carbons (Fsp3) is 0.409. The van der Waals surface area contributed by atoms with Gasteiger partial charge in [0.1, 0.15) is 11.3 Å². The highest BCUT2D eigenvalue weighted by Crippen LogP contribution is 2.35. The van der Waals surface area contributed by atoms with Gasteiger partial charge in [0, 0.05) is 11.8 Å². The first-order chi connectivity index (χ1) is 14.4. The number of benzene rings is 1. The Morgan fingerprint density at radius 3 is 2.37 bits per heavy atom. The van der Waals surface area contributed by atoms with E-state index < -0.39 is 17.4 Å². The van der Waals surface area contributed by atoms with Gasteiger partial charge in [0.2, 0.25) is 5.88 Å². The number of methoxy groups -OCH3 is 2. The zero-order chi connectivity index (χ0) is 21.7. The minimum atomic E-state index is -1.25. The number of rotatable bonds is 6. The molecule has 0 saturated heterocycles. The van der Waals surface area contributed by atoms with Crippen molar-refractivity contribution in [2.45, 2.75) is 44.1 Å². The molecule has 0 aliphatic heterocycles. The number of pyridine rings is 1. The Bertz CT molecular complexity index is 939. The van der Waals surface area contributed by atoms with Crippen LogP contribution >= 0.6 is 11.6 Å². The quantitative estimate of drug-likeness (QED) is 0.659. The van der Waals surface area contributed by atoms with Crippen molar-refractivity contribution in [1.29, 1.82) is 0 Å². The lowest BCUT2D eigenvalue weighted by Crippen LogP contribution is -2.54. The highest BCUT2D eigenvalue weighted by molar-refractivity contribution is 6.32. The van der Waals surface area contributed by atoms with E-state index in [1.54, 1.807) is 24.3 Å². The summed E-state index contributed by atoms with van der Waals surface area (Å²) in [6, 6.07) is 6.84. The maximum atomic E-state index is 13.0. The molecule has 2 aromatic rings. The van der Waals surface area contributed by atoms with Gasteiger partial charge in [-0.3, -0.25) is 4.79 Å². The molecule has 2 N–H and O–H groups in total. The first-order valence-electron chi connectivity index (χ1n) is 9.84. The molecule has 1 saturated carbocycles. The van der Waals surface area contributed by atoms with Crippen molar-refractivity contribution in [3.8, 4) is 22.8 Å². The van der Waals surface area contributed by atoms with Crippen LogP contribution in [0.15, 0.2) is 30.5 Å². The van der Waals surface area contributed by atoms with E-state index in [4.69, 9.17) is 21.1 Å². The van der Waals surface area contributed by atoms with Gasteiger partial charge in [0.05, 0.1) is 24.8 Å². The van der Waals surface area contributed by atoms with Gasteiger partial charge in [-0.2, -0.15) is 0 Å². The molecular weight excluding hydrogens is 408 g/mol. The molecule has 30 heavy (non-hydrogen) atoms. The van der Waals surface area contributed by atoms with E-state index in [-0.39, 0.29) is 5.56 Å². The van der Waals surface area contributed by atoms with Gasteiger partial charge in [0.25, 0.3) is 5.91 Å². The molecular formula is C22H25ClN2O5. The largest absolute Gasteiger partial charge is 0.495 e. The molecule has 8 heteroatoms. The molecule has 1 aliphatic carbocycles. The SMILES string of the molecule is COc1ccc(-c2cc(C(=O)NC3(C(=O)O)CCCCCC3)cnc2OC)cc1Cl. The second kappa shape index (κ2) is 9.34. The smallest absolute Gasteiger partial charge is 0.329 e. The van der Waals surface area contributed by atoms with Crippen molar-refractivity contribution in [2.75, 3.05) is 14.2 Å². The Kier molecular flexibility index (Phi) is 6.82. The fourth-order valence-electron chi connectivity index (χ4n) is 3.79. The molecule has 1 aromatic carbocycles. The molecule has 1 aliphatic rings. The molecule has 1 fully saturated rings. The number of carbonyl (C=O) groups is 2. The zero-order valence-corrected chi connectivity index (χ0v) is 17.8. The standard InChI is InChI=1S/C22H25ClN2O5/c1-29-18-8-7-14(12-17(18)23)16-11-15(13-24-20(16)30-2)19(26)25-22(21(27)28)9-5-3-4-6-10-22/h7-8,11-13H,3-6,9-10H2,1-2H3,(H,25,26)(H,27,28). The number of nitrogens with zero attached hydrogens (tertiary/aromatic N) is 1. The third kappa shape index (κ3) is 4.51. The highest BCUT2D eigenvalue weighted by Gasteiger charge is 2.40. The molecule has 1 amide bonds. The van der Waals surface area contributed by atoms with E-state index in [9.17, 15) is 14.7 Å². The number of ether oxygens (including phenoxy) is 2. The van der Waals surface area contributed by atoms with E-state index in [1.807, 2.05) is 0 Å². The summed E-state index contributed by atoms with van der Waals surface area (Å²) in [5.74, 6) is -0.620. The fourth-order valence-corrected chi connectivity index (χ4v) is 4.05. The molecule has 0 bridgehead atoms. The topological polar surface area (TPSA) is 97.8 Å². The van der Waals surface area contributed by atoms with Crippen LogP contribution in [-0.4, -0.2) is 41.7 Å². The number of carboxylic acid groups (broad SMARTS) is 1. The molecule has 160 valence electrons. The Morgan fingerprint density at radius 1 is 1.10 bits per heavy atom. The molecule has 0 spiro atoms. The lowest BCUT2D eigenvalue weighted by atomic mass is 9.89. The van der Waals surface area contributed by atoms with E-state index in [0.717, 1.165) is 25.7 Å². The Hall–Kier alpha value is -2.80. The molecule has 1 heterocycles. The van der Waals surface area contributed by atoms with Gasteiger partial charge in [-0.1, -0.05) is 43.4 Å². The summed E-state index contributed by atoms with van der Waals surface area (Å²) in [5.41, 5.74) is 0.265. The molecule has 0 unspecified atom stereocenters. The highest BCUT2D eigenvalue weighted by atomic mass is 35.5. The van der Waals surface area contributed by atoms with Crippen molar-refractivity contribution in [1.82, 2.24) is 10.3 Å². The number of carbonyl (C=O) groups excluding carboxylic acids is 1. The lowest BCUT2D eigenvalue weighted by Gasteiger charge is -2.29. The maximum absolute atomic E-state index is 13.0. The van der Waals surface area contributed by atoms with Gasteiger partial charge in [-0.15, -0.1) is 0 Å². The lowest BCUT2D eigenvalue weighted by molar-refractivity contribution is -0.145. The second-order valence-electron chi connectivity index (χ2n) is 7.39. The van der Waals surface area contributed by atoms with Crippen LogP contribution in [0.5, 0.6) is 11.6 Å². The molecule has 7 nitrogen and oxygen atoms in total. The van der Waals surface area contributed by atoms with Crippen LogP contribution < -0.4 is 14.8 Å². The van der Waals surface area contributed by atoms with Crippen LogP contribution in [0.1, 0.15) is 48.9 Å². The first-order valence-corrected chi connectivity index (χ1v) is 10.2. The van der Waals surface area contributed by atoms with Gasteiger partial charge in [-0.25, -0.2) is 9.78 Å². The van der Waals surface area contributed by atoms with Gasteiger partial charge < -0.3 is 19.9 Å². The Balaban J connectivity index is 1.94. The second-order valence-corrected chi connectivity index (χ2v) is 7.79. The number of hydrogen-bond acceptors (Lipinski definition) is 5. The Labute approximate surface area is 180 Å². The number of halogens is 1. The number of hydrogen-bond donors (Lipinski definition) is 2. The van der Waals surface area contributed by atoms with E-state index in [1.165, 1.54) is 20.4 Å². The summed E-state index contributed by atoms with van der Waals surface area (Å²) < 4.78 is 10.5. The summed E-state index contributed by atoms with van der Waals surface area (Å²) in [6.07, 6.45) is 5.69. The number of carboxylic acids is 1. The summed E-state index contributed by atoms with van der Waals surface area (Å²) in [4.78, 5) is 29.2. The van der Waals surface area contributed by atoms with Crippen molar-refractivity contribution in [3.05, 3.63) is 41.0 Å². The normalized spacial score (nSPS) is 15.7. The minimum absolute atomic E-state index is 0.252. The number of aliphatic carboxylic acids is 1. The monoisotopic (exact) mass is 432 g/mol. The van der Waals surface area contributed by atoms with Gasteiger partial charge in [0.15, 0.2) is 0 Å². The van der Waals surface area contributed by atoms with E-state index >= 15 is 0 Å². The molecule has 0 atom stereocenters. The van der Waals surface area contributed by atoms with Gasteiger partial charge >= 0.3 is 5.97 Å².